The highest BCUT2D eigenvalue weighted by Gasteiger charge is 2.33. The lowest BCUT2D eigenvalue weighted by atomic mass is 9.97. The SMILES string of the molecule is CC(N)c1ccc(-c2ccc(Cl)cc2C(F)(F)F)cc1.Cl. The molecule has 6 heteroatoms. The molecule has 0 heterocycles. The zero-order valence-electron chi connectivity index (χ0n) is 11.1. The number of alkyl halides is 3. The van der Waals surface area contributed by atoms with E-state index in [2.05, 4.69) is 0 Å². The normalized spacial score (nSPS) is 12.7. The van der Waals surface area contributed by atoms with E-state index in [0.29, 0.717) is 5.56 Å². The molecule has 1 nitrogen and oxygen atoms in total. The van der Waals surface area contributed by atoms with Crippen molar-refractivity contribution in [2.75, 3.05) is 0 Å². The van der Waals surface area contributed by atoms with Crippen LogP contribution >= 0.6 is 24.0 Å². The van der Waals surface area contributed by atoms with Crippen molar-refractivity contribution < 1.29 is 13.2 Å². The van der Waals surface area contributed by atoms with Crippen LogP contribution in [0.15, 0.2) is 42.5 Å². The summed E-state index contributed by atoms with van der Waals surface area (Å²) in [5, 5.41) is 0.0632. The zero-order chi connectivity index (χ0) is 14.9. The van der Waals surface area contributed by atoms with Gasteiger partial charge in [-0.15, -0.1) is 12.4 Å². The number of hydrogen-bond donors (Lipinski definition) is 1. The minimum atomic E-state index is -4.44. The Hall–Kier alpha value is -1.23. The Morgan fingerprint density at radius 2 is 1.62 bits per heavy atom. The first kappa shape index (κ1) is 17.8. The van der Waals surface area contributed by atoms with Gasteiger partial charge in [0.1, 0.15) is 0 Å². The Bertz CT molecular complexity index is 607. The summed E-state index contributed by atoms with van der Waals surface area (Å²) in [6.45, 7) is 1.82. The first-order chi connectivity index (χ1) is 9.29. The topological polar surface area (TPSA) is 26.0 Å². The van der Waals surface area contributed by atoms with E-state index < -0.39 is 11.7 Å². The minimum absolute atomic E-state index is 0. The lowest BCUT2D eigenvalue weighted by molar-refractivity contribution is -0.137. The largest absolute Gasteiger partial charge is 0.417 e. The number of hydrogen-bond acceptors (Lipinski definition) is 1. The summed E-state index contributed by atoms with van der Waals surface area (Å²) in [5.41, 5.74) is 6.45. The third kappa shape index (κ3) is 4.13. The molecule has 2 rings (SSSR count). The summed E-state index contributed by atoms with van der Waals surface area (Å²) >= 11 is 5.66. The van der Waals surface area contributed by atoms with Crippen LogP contribution in [0.4, 0.5) is 13.2 Å². The fourth-order valence-electron chi connectivity index (χ4n) is 1.97. The van der Waals surface area contributed by atoms with Gasteiger partial charge in [0.15, 0.2) is 0 Å². The fraction of sp³-hybridized carbons (Fsp3) is 0.200. The molecule has 0 fully saturated rings. The van der Waals surface area contributed by atoms with E-state index in [1.54, 1.807) is 24.3 Å². The molecule has 0 spiro atoms. The average Bonchev–Trinajstić information content (AvgIpc) is 2.38. The molecule has 1 unspecified atom stereocenters. The van der Waals surface area contributed by atoms with Crippen molar-refractivity contribution >= 4 is 24.0 Å². The molecule has 2 N–H and O–H groups in total. The molecule has 0 bridgehead atoms. The number of benzene rings is 2. The summed E-state index contributed by atoms with van der Waals surface area (Å²) in [5.74, 6) is 0. The van der Waals surface area contributed by atoms with Gasteiger partial charge < -0.3 is 5.73 Å². The van der Waals surface area contributed by atoms with Crippen LogP contribution in [0.5, 0.6) is 0 Å². The number of nitrogens with two attached hydrogens (primary N) is 1. The Labute approximate surface area is 132 Å². The smallest absolute Gasteiger partial charge is 0.324 e. The maximum Gasteiger partial charge on any atom is 0.417 e. The third-order valence-electron chi connectivity index (χ3n) is 3.03. The standard InChI is InChI=1S/C15H13ClF3N.ClH/c1-9(20)10-2-4-11(5-3-10)13-7-6-12(16)8-14(13)15(17,18)19;/h2-9H,20H2,1H3;1H. The molecule has 0 aliphatic rings. The predicted molar refractivity (Wildman–Crippen MR) is 81.7 cm³/mol. The highest BCUT2D eigenvalue weighted by atomic mass is 35.5. The molecule has 0 amide bonds. The van der Waals surface area contributed by atoms with Crippen LogP contribution < -0.4 is 5.73 Å². The van der Waals surface area contributed by atoms with Gasteiger partial charge in [-0.25, -0.2) is 0 Å². The molecule has 114 valence electrons. The van der Waals surface area contributed by atoms with Crippen LogP contribution in [0.25, 0.3) is 11.1 Å². The highest BCUT2D eigenvalue weighted by Crippen LogP contribution is 2.38. The van der Waals surface area contributed by atoms with Gasteiger partial charge in [0.25, 0.3) is 0 Å². The number of rotatable bonds is 2. The summed E-state index contributed by atoms with van der Waals surface area (Å²) in [6.07, 6.45) is -4.44. The third-order valence-corrected chi connectivity index (χ3v) is 3.27. The zero-order valence-corrected chi connectivity index (χ0v) is 12.7. The van der Waals surface area contributed by atoms with Gasteiger partial charge in [-0.05, 0) is 35.7 Å². The molecule has 0 aliphatic carbocycles. The lowest BCUT2D eigenvalue weighted by Crippen LogP contribution is -2.07. The summed E-state index contributed by atoms with van der Waals surface area (Å²) in [6, 6.07) is 10.3. The van der Waals surface area contributed by atoms with Crippen molar-refractivity contribution in [1.82, 2.24) is 0 Å². The molecule has 2 aromatic carbocycles. The number of halogens is 5. The molecule has 0 saturated heterocycles. The van der Waals surface area contributed by atoms with E-state index in [4.69, 9.17) is 17.3 Å². The second-order valence-corrected chi connectivity index (χ2v) is 5.03. The molecular formula is C15H14Cl2F3N. The first-order valence-corrected chi connectivity index (χ1v) is 6.39. The maximum atomic E-state index is 13.0. The van der Waals surface area contributed by atoms with E-state index in [-0.39, 0.29) is 29.0 Å². The van der Waals surface area contributed by atoms with E-state index in [1.807, 2.05) is 6.92 Å². The molecule has 0 radical (unpaired) electrons. The molecule has 2 aromatic rings. The van der Waals surface area contributed by atoms with Crippen molar-refractivity contribution in [1.29, 1.82) is 0 Å². The molecule has 0 aromatic heterocycles. The second-order valence-electron chi connectivity index (χ2n) is 4.60. The summed E-state index contributed by atoms with van der Waals surface area (Å²) in [7, 11) is 0. The van der Waals surface area contributed by atoms with E-state index in [1.165, 1.54) is 12.1 Å². The van der Waals surface area contributed by atoms with Gasteiger partial charge in [-0.2, -0.15) is 13.2 Å². The molecular weight excluding hydrogens is 322 g/mol. The van der Waals surface area contributed by atoms with E-state index in [0.717, 1.165) is 11.6 Å². The van der Waals surface area contributed by atoms with Crippen LogP contribution in [0.3, 0.4) is 0 Å². The van der Waals surface area contributed by atoms with Gasteiger partial charge in [0.05, 0.1) is 5.56 Å². The lowest BCUT2D eigenvalue weighted by Gasteiger charge is -2.14. The monoisotopic (exact) mass is 335 g/mol. The van der Waals surface area contributed by atoms with Gasteiger partial charge in [0.2, 0.25) is 0 Å². The Morgan fingerprint density at radius 3 is 2.10 bits per heavy atom. The highest BCUT2D eigenvalue weighted by molar-refractivity contribution is 6.30. The van der Waals surface area contributed by atoms with Crippen LogP contribution in [-0.2, 0) is 6.18 Å². The van der Waals surface area contributed by atoms with E-state index in [9.17, 15) is 13.2 Å². The van der Waals surface area contributed by atoms with Gasteiger partial charge >= 0.3 is 6.18 Å². The Kier molecular flexibility index (Phi) is 5.68. The second kappa shape index (κ2) is 6.69. The van der Waals surface area contributed by atoms with Crippen molar-refractivity contribution in [3.8, 4) is 11.1 Å². The van der Waals surface area contributed by atoms with Crippen LogP contribution in [0, 0.1) is 0 Å². The van der Waals surface area contributed by atoms with Crippen molar-refractivity contribution in [2.45, 2.75) is 19.1 Å². The van der Waals surface area contributed by atoms with Crippen LogP contribution in [0.1, 0.15) is 24.1 Å². The van der Waals surface area contributed by atoms with Crippen molar-refractivity contribution in [2.24, 2.45) is 5.73 Å². The summed E-state index contributed by atoms with van der Waals surface area (Å²) in [4.78, 5) is 0. The molecule has 0 saturated carbocycles. The van der Waals surface area contributed by atoms with Crippen LogP contribution in [-0.4, -0.2) is 0 Å². The van der Waals surface area contributed by atoms with Crippen LogP contribution in [0.2, 0.25) is 5.02 Å². The Morgan fingerprint density at radius 1 is 1.05 bits per heavy atom. The van der Waals surface area contributed by atoms with Gasteiger partial charge in [0, 0.05) is 11.1 Å². The predicted octanol–water partition coefficient (Wildman–Crippen LogP) is 5.47. The van der Waals surface area contributed by atoms with E-state index >= 15 is 0 Å². The minimum Gasteiger partial charge on any atom is -0.324 e. The van der Waals surface area contributed by atoms with Gasteiger partial charge in [-0.1, -0.05) is 41.9 Å². The quantitative estimate of drug-likeness (QED) is 0.773. The molecule has 21 heavy (non-hydrogen) atoms. The summed E-state index contributed by atoms with van der Waals surface area (Å²) < 4.78 is 39.1. The van der Waals surface area contributed by atoms with Gasteiger partial charge in [-0.3, -0.25) is 0 Å². The molecule has 1 atom stereocenters. The van der Waals surface area contributed by atoms with Crippen molar-refractivity contribution in [3.63, 3.8) is 0 Å². The Balaban J connectivity index is 0.00000220. The van der Waals surface area contributed by atoms with Crippen molar-refractivity contribution in [3.05, 3.63) is 58.6 Å². The molecule has 0 aliphatic heterocycles. The first-order valence-electron chi connectivity index (χ1n) is 6.01. The fourth-order valence-corrected chi connectivity index (χ4v) is 2.14. The maximum absolute atomic E-state index is 13.0. The average molecular weight is 336 g/mol.